The van der Waals surface area contributed by atoms with Crippen molar-refractivity contribution < 1.29 is 19.1 Å². The summed E-state index contributed by atoms with van der Waals surface area (Å²) in [4.78, 5) is 29.3. The number of H-pyrrole nitrogens is 1. The number of rotatable bonds is 7. The molecule has 0 aliphatic rings. The number of ether oxygens (including phenoxy) is 2. The summed E-state index contributed by atoms with van der Waals surface area (Å²) in [5.74, 6) is -0.525. The van der Waals surface area contributed by atoms with Gasteiger partial charge in [0, 0.05) is 32.1 Å². The Balaban J connectivity index is 1.39. The molecule has 9 heteroatoms. The van der Waals surface area contributed by atoms with E-state index < -0.39 is 11.9 Å². The van der Waals surface area contributed by atoms with E-state index in [4.69, 9.17) is 32.7 Å². The molecule has 0 saturated heterocycles. The number of hydrogen-bond acceptors (Lipinski definition) is 5. The molecule has 4 aromatic carbocycles. The third-order valence-electron chi connectivity index (χ3n) is 5.92. The molecule has 1 amide bonds. The Labute approximate surface area is 234 Å². The molecule has 194 valence electrons. The lowest BCUT2D eigenvalue weighted by Gasteiger charge is -2.10. The molecule has 0 aliphatic heterocycles. The summed E-state index contributed by atoms with van der Waals surface area (Å²) in [5.41, 5.74) is 5.88. The highest BCUT2D eigenvalue weighted by molar-refractivity contribution is 6.31. The Kier molecular flexibility index (Phi) is 7.63. The van der Waals surface area contributed by atoms with Crippen LogP contribution in [-0.2, 0) is 0 Å². The van der Waals surface area contributed by atoms with Gasteiger partial charge in [0.25, 0.3) is 5.91 Å². The third-order valence-corrected chi connectivity index (χ3v) is 6.39. The van der Waals surface area contributed by atoms with Crippen molar-refractivity contribution in [1.29, 1.82) is 0 Å². The molecule has 0 saturated carbocycles. The SMILES string of the molecule is COc1ccc(Cl)cc1C(=O)Oc1ccccc1C=NNC(=O)c1[nH]c2ccc(Cl)cc2c1-c1ccccc1. The van der Waals surface area contributed by atoms with Crippen LogP contribution in [0.3, 0.4) is 0 Å². The number of halogens is 2. The smallest absolute Gasteiger partial charge is 0.347 e. The normalized spacial score (nSPS) is 11.1. The van der Waals surface area contributed by atoms with Crippen LogP contribution >= 0.6 is 23.2 Å². The van der Waals surface area contributed by atoms with Crippen LogP contribution in [-0.4, -0.2) is 30.2 Å². The number of methoxy groups -OCH3 is 1. The number of aromatic nitrogens is 1. The molecular weight excluding hydrogens is 537 g/mol. The molecule has 5 rings (SSSR count). The van der Waals surface area contributed by atoms with E-state index in [-0.39, 0.29) is 11.3 Å². The van der Waals surface area contributed by atoms with Crippen LogP contribution in [0.15, 0.2) is 96.1 Å². The van der Waals surface area contributed by atoms with Gasteiger partial charge in [-0.1, -0.05) is 65.7 Å². The van der Waals surface area contributed by atoms with E-state index >= 15 is 0 Å². The number of hydrazone groups is 1. The fourth-order valence-electron chi connectivity index (χ4n) is 4.13. The van der Waals surface area contributed by atoms with Gasteiger partial charge in [-0.15, -0.1) is 0 Å². The average molecular weight is 558 g/mol. The number of hydrogen-bond donors (Lipinski definition) is 2. The summed E-state index contributed by atoms with van der Waals surface area (Å²) < 4.78 is 10.8. The zero-order valence-electron chi connectivity index (χ0n) is 20.6. The van der Waals surface area contributed by atoms with Crippen molar-refractivity contribution in [3.8, 4) is 22.6 Å². The molecule has 0 unspecified atom stereocenters. The number of fused-ring (bicyclic) bond motifs is 1. The summed E-state index contributed by atoms with van der Waals surface area (Å²) in [5, 5.41) is 5.87. The van der Waals surface area contributed by atoms with Crippen LogP contribution in [0.4, 0.5) is 0 Å². The van der Waals surface area contributed by atoms with E-state index in [9.17, 15) is 9.59 Å². The first-order chi connectivity index (χ1) is 18.9. The Morgan fingerprint density at radius 1 is 0.872 bits per heavy atom. The van der Waals surface area contributed by atoms with E-state index in [2.05, 4.69) is 15.5 Å². The summed E-state index contributed by atoms with van der Waals surface area (Å²) >= 11 is 12.3. The minimum atomic E-state index is -0.650. The highest BCUT2D eigenvalue weighted by Crippen LogP contribution is 2.34. The van der Waals surface area contributed by atoms with Gasteiger partial charge in [-0.2, -0.15) is 5.10 Å². The number of nitrogens with zero attached hydrogens (tertiary/aromatic N) is 1. The van der Waals surface area contributed by atoms with Crippen molar-refractivity contribution in [2.45, 2.75) is 0 Å². The molecular formula is C30H21Cl2N3O4. The number of benzene rings is 4. The molecule has 0 radical (unpaired) electrons. The van der Waals surface area contributed by atoms with Gasteiger partial charge in [-0.25, -0.2) is 10.2 Å². The molecule has 7 nitrogen and oxygen atoms in total. The molecule has 0 fully saturated rings. The minimum absolute atomic E-state index is 0.178. The van der Waals surface area contributed by atoms with Crippen LogP contribution in [0.1, 0.15) is 26.4 Å². The number of aromatic amines is 1. The standard InChI is InChI=1S/C30H21Cl2N3O4/c1-38-26-14-12-21(32)16-23(26)30(37)39-25-10-6-5-9-19(25)17-33-35-29(36)28-27(18-7-3-2-4-8-18)22-15-20(31)11-13-24(22)34-28/h2-17,34H,1H3,(H,35,36). The Hall–Kier alpha value is -4.59. The van der Waals surface area contributed by atoms with Gasteiger partial charge >= 0.3 is 5.97 Å². The Morgan fingerprint density at radius 3 is 2.38 bits per heavy atom. The molecule has 1 heterocycles. The maximum Gasteiger partial charge on any atom is 0.347 e. The monoisotopic (exact) mass is 557 g/mol. The number of carbonyl (C=O) groups excluding carboxylic acids is 2. The molecule has 39 heavy (non-hydrogen) atoms. The van der Waals surface area contributed by atoms with Crippen LogP contribution < -0.4 is 14.9 Å². The van der Waals surface area contributed by atoms with Gasteiger partial charge in [0.1, 0.15) is 22.8 Å². The Morgan fingerprint density at radius 2 is 1.59 bits per heavy atom. The number of para-hydroxylation sites is 1. The van der Waals surface area contributed by atoms with E-state index in [1.807, 2.05) is 42.5 Å². The van der Waals surface area contributed by atoms with Gasteiger partial charge in [0.05, 0.1) is 13.3 Å². The first kappa shape index (κ1) is 26.0. The van der Waals surface area contributed by atoms with Crippen LogP contribution in [0, 0.1) is 0 Å². The molecule has 2 N–H and O–H groups in total. The summed E-state index contributed by atoms with van der Waals surface area (Å²) in [6, 6.07) is 26.4. The van der Waals surface area contributed by atoms with Crippen molar-refractivity contribution in [2.75, 3.05) is 7.11 Å². The van der Waals surface area contributed by atoms with Crippen LogP contribution in [0.5, 0.6) is 11.5 Å². The van der Waals surface area contributed by atoms with Gasteiger partial charge in [-0.05, 0) is 54.1 Å². The average Bonchev–Trinajstić information content (AvgIpc) is 3.33. The van der Waals surface area contributed by atoms with E-state index in [0.29, 0.717) is 32.6 Å². The maximum absolute atomic E-state index is 13.2. The van der Waals surface area contributed by atoms with Crippen molar-refractivity contribution in [3.63, 3.8) is 0 Å². The maximum atomic E-state index is 13.2. The second kappa shape index (κ2) is 11.4. The second-order valence-electron chi connectivity index (χ2n) is 8.40. The lowest BCUT2D eigenvalue weighted by atomic mass is 10.0. The van der Waals surface area contributed by atoms with Crippen molar-refractivity contribution >= 4 is 52.2 Å². The highest BCUT2D eigenvalue weighted by Gasteiger charge is 2.20. The third kappa shape index (κ3) is 5.65. The summed E-state index contributed by atoms with van der Waals surface area (Å²) in [6.45, 7) is 0. The molecule has 0 aliphatic carbocycles. The van der Waals surface area contributed by atoms with Crippen molar-refractivity contribution in [2.24, 2.45) is 5.10 Å². The van der Waals surface area contributed by atoms with Crippen LogP contribution in [0.2, 0.25) is 10.0 Å². The van der Waals surface area contributed by atoms with E-state index in [1.54, 1.807) is 42.5 Å². The van der Waals surface area contributed by atoms with Crippen LogP contribution in [0.25, 0.3) is 22.0 Å². The van der Waals surface area contributed by atoms with E-state index in [0.717, 1.165) is 16.5 Å². The van der Waals surface area contributed by atoms with Crippen molar-refractivity contribution in [3.05, 3.63) is 118 Å². The number of carbonyl (C=O) groups is 2. The molecule has 5 aromatic rings. The largest absolute Gasteiger partial charge is 0.496 e. The fraction of sp³-hybridized carbons (Fsp3) is 0.0333. The zero-order chi connectivity index (χ0) is 27.4. The molecule has 1 aromatic heterocycles. The minimum Gasteiger partial charge on any atom is -0.496 e. The predicted octanol–water partition coefficient (Wildman–Crippen LogP) is 7.13. The number of amides is 1. The molecule has 0 bridgehead atoms. The summed E-state index contributed by atoms with van der Waals surface area (Å²) in [6.07, 6.45) is 1.40. The quantitative estimate of drug-likeness (QED) is 0.0962. The van der Waals surface area contributed by atoms with Gasteiger partial charge in [-0.3, -0.25) is 4.79 Å². The van der Waals surface area contributed by atoms with Gasteiger partial charge < -0.3 is 14.5 Å². The van der Waals surface area contributed by atoms with Crippen molar-refractivity contribution in [1.82, 2.24) is 10.4 Å². The molecule has 0 spiro atoms. The van der Waals surface area contributed by atoms with Gasteiger partial charge in [0.2, 0.25) is 0 Å². The Bertz CT molecular complexity index is 1710. The number of nitrogens with one attached hydrogen (secondary N) is 2. The fourth-order valence-corrected chi connectivity index (χ4v) is 4.47. The van der Waals surface area contributed by atoms with Gasteiger partial charge in [0.15, 0.2) is 0 Å². The second-order valence-corrected chi connectivity index (χ2v) is 9.27. The molecule has 0 atom stereocenters. The topological polar surface area (TPSA) is 92.8 Å². The summed E-state index contributed by atoms with van der Waals surface area (Å²) in [7, 11) is 1.45. The van der Waals surface area contributed by atoms with E-state index in [1.165, 1.54) is 19.4 Å². The lowest BCUT2D eigenvalue weighted by molar-refractivity contribution is 0.0730. The predicted molar refractivity (Wildman–Crippen MR) is 153 cm³/mol. The first-order valence-electron chi connectivity index (χ1n) is 11.8. The first-order valence-corrected chi connectivity index (χ1v) is 12.5. The highest BCUT2D eigenvalue weighted by atomic mass is 35.5. The number of esters is 1. The lowest BCUT2D eigenvalue weighted by Crippen LogP contribution is -2.19. The zero-order valence-corrected chi connectivity index (χ0v) is 22.1.